The van der Waals surface area contributed by atoms with Gasteiger partial charge < -0.3 is 9.80 Å². The van der Waals surface area contributed by atoms with Crippen LogP contribution in [0.15, 0.2) is 35.5 Å². The Morgan fingerprint density at radius 3 is 2.55 bits per heavy atom. The molecule has 1 saturated heterocycles. The maximum atomic E-state index is 13.4. The Balaban J connectivity index is 1.77. The van der Waals surface area contributed by atoms with Crippen LogP contribution in [0.25, 0.3) is 0 Å². The van der Waals surface area contributed by atoms with Gasteiger partial charge in [0.1, 0.15) is 5.82 Å². The lowest BCUT2D eigenvalue weighted by Gasteiger charge is -2.34. The highest BCUT2D eigenvalue weighted by molar-refractivity contribution is 7.98. The predicted molar refractivity (Wildman–Crippen MR) is 116 cm³/mol. The summed E-state index contributed by atoms with van der Waals surface area (Å²) < 4.78 is 40.3. The van der Waals surface area contributed by atoms with Gasteiger partial charge in [-0.05, 0) is 50.8 Å². The Bertz CT molecular complexity index is 905. The van der Waals surface area contributed by atoms with Crippen LogP contribution in [0.1, 0.15) is 54.7 Å². The number of carbonyl (C=O) groups is 1. The number of aromatic nitrogens is 2. The van der Waals surface area contributed by atoms with E-state index in [0.717, 1.165) is 42.7 Å². The summed E-state index contributed by atoms with van der Waals surface area (Å²) >= 11 is 1.16. The minimum absolute atomic E-state index is 0.0665. The molecule has 0 bridgehead atoms. The van der Waals surface area contributed by atoms with E-state index in [1.165, 1.54) is 0 Å². The van der Waals surface area contributed by atoms with Crippen LogP contribution in [0.4, 0.5) is 19.0 Å². The molecule has 1 aliphatic heterocycles. The summed E-state index contributed by atoms with van der Waals surface area (Å²) in [6.45, 7) is 5.22. The number of halogens is 3. The van der Waals surface area contributed by atoms with Crippen molar-refractivity contribution in [2.45, 2.75) is 56.2 Å². The fourth-order valence-electron chi connectivity index (χ4n) is 3.46. The van der Waals surface area contributed by atoms with Gasteiger partial charge in [-0.15, -0.1) is 0 Å². The second-order valence-corrected chi connectivity index (χ2v) is 8.68. The summed E-state index contributed by atoms with van der Waals surface area (Å²) in [7, 11) is 1.73. The maximum Gasteiger partial charge on any atom is 0.433 e. The van der Waals surface area contributed by atoms with Crippen molar-refractivity contribution < 1.29 is 18.0 Å². The molecule has 0 radical (unpaired) electrons. The lowest BCUT2D eigenvalue weighted by Crippen LogP contribution is -2.38. The number of carbonyl (C=O) groups excluding carboxylic acids is 1. The molecule has 9 heteroatoms. The van der Waals surface area contributed by atoms with Crippen LogP contribution in [0, 0.1) is 0 Å². The maximum absolute atomic E-state index is 13.4. The molecule has 1 fully saturated rings. The number of nitrogens with zero attached hydrogens (tertiary/aromatic N) is 4. The second kappa shape index (κ2) is 9.89. The van der Waals surface area contributed by atoms with Crippen LogP contribution in [0.3, 0.4) is 0 Å². The Morgan fingerprint density at radius 2 is 1.94 bits per heavy atom. The van der Waals surface area contributed by atoms with Crippen molar-refractivity contribution in [3.63, 3.8) is 0 Å². The molecule has 1 unspecified atom stereocenters. The number of benzene rings is 1. The standard InChI is InChI=1S/C22H27F3N4OS/c1-4-28(3)20(30)17-10-8-16(9-11-17)14-31-21-26-18(22(23,24)25)13-19(27-21)29-12-6-5-7-15(29)2/h8-11,13,15H,4-7,12,14H2,1-3H3. The molecule has 0 saturated carbocycles. The smallest absolute Gasteiger partial charge is 0.354 e. The Hall–Kier alpha value is -2.29. The van der Waals surface area contributed by atoms with Gasteiger partial charge in [-0.1, -0.05) is 23.9 Å². The average molecular weight is 453 g/mol. The zero-order valence-corrected chi connectivity index (χ0v) is 18.8. The topological polar surface area (TPSA) is 49.3 Å². The van der Waals surface area contributed by atoms with E-state index in [1.807, 2.05) is 30.9 Å². The largest absolute Gasteiger partial charge is 0.433 e. The molecule has 2 heterocycles. The molecule has 0 spiro atoms. The number of amides is 1. The van der Waals surface area contributed by atoms with Crippen molar-refractivity contribution in [1.82, 2.24) is 14.9 Å². The van der Waals surface area contributed by atoms with E-state index in [1.54, 1.807) is 24.1 Å². The van der Waals surface area contributed by atoms with E-state index in [9.17, 15) is 18.0 Å². The normalized spacial score (nSPS) is 17.0. The van der Waals surface area contributed by atoms with Gasteiger partial charge in [-0.3, -0.25) is 4.79 Å². The first kappa shape index (κ1) is 23.4. The van der Waals surface area contributed by atoms with E-state index in [2.05, 4.69) is 9.97 Å². The van der Waals surface area contributed by atoms with Crippen LogP contribution in [0.5, 0.6) is 0 Å². The average Bonchev–Trinajstić information content (AvgIpc) is 2.76. The van der Waals surface area contributed by atoms with Crippen LogP contribution >= 0.6 is 11.8 Å². The van der Waals surface area contributed by atoms with E-state index >= 15 is 0 Å². The monoisotopic (exact) mass is 452 g/mol. The molecule has 5 nitrogen and oxygen atoms in total. The number of rotatable bonds is 6. The summed E-state index contributed by atoms with van der Waals surface area (Å²) in [5.41, 5.74) is 0.547. The van der Waals surface area contributed by atoms with Crippen LogP contribution in [0.2, 0.25) is 0 Å². The van der Waals surface area contributed by atoms with Gasteiger partial charge in [-0.25, -0.2) is 9.97 Å². The Morgan fingerprint density at radius 1 is 1.23 bits per heavy atom. The summed E-state index contributed by atoms with van der Waals surface area (Å²) in [6.07, 6.45) is -1.58. The van der Waals surface area contributed by atoms with Gasteiger partial charge in [0, 0.05) is 43.6 Å². The predicted octanol–water partition coefficient (Wildman–Crippen LogP) is 5.26. The molecule has 1 aromatic heterocycles. The summed E-state index contributed by atoms with van der Waals surface area (Å²) in [5.74, 6) is 0.678. The fourth-order valence-corrected chi connectivity index (χ4v) is 4.27. The van der Waals surface area contributed by atoms with E-state index in [4.69, 9.17) is 0 Å². The van der Waals surface area contributed by atoms with Gasteiger partial charge in [0.15, 0.2) is 10.9 Å². The minimum Gasteiger partial charge on any atom is -0.354 e. The molecule has 168 valence electrons. The van der Waals surface area contributed by atoms with E-state index in [-0.39, 0.29) is 17.1 Å². The quantitative estimate of drug-likeness (QED) is 0.442. The third-order valence-electron chi connectivity index (χ3n) is 5.47. The number of thioether (sulfide) groups is 1. The number of hydrogen-bond donors (Lipinski definition) is 0. The second-order valence-electron chi connectivity index (χ2n) is 7.73. The van der Waals surface area contributed by atoms with Gasteiger partial charge >= 0.3 is 6.18 Å². The van der Waals surface area contributed by atoms with Crippen molar-refractivity contribution in [1.29, 1.82) is 0 Å². The van der Waals surface area contributed by atoms with Crippen molar-refractivity contribution >= 4 is 23.5 Å². The molecule has 3 rings (SSSR count). The van der Waals surface area contributed by atoms with Crippen LogP contribution < -0.4 is 4.90 Å². The molecular formula is C22H27F3N4OS. The summed E-state index contributed by atoms with van der Waals surface area (Å²) in [4.78, 5) is 23.9. The third-order valence-corrected chi connectivity index (χ3v) is 6.39. The minimum atomic E-state index is -4.53. The Labute approximate surface area is 185 Å². The molecule has 0 aliphatic carbocycles. The number of hydrogen-bond acceptors (Lipinski definition) is 5. The Kier molecular flexibility index (Phi) is 7.46. The highest BCUT2D eigenvalue weighted by Gasteiger charge is 2.35. The molecule has 1 aliphatic rings. The number of piperidine rings is 1. The van der Waals surface area contributed by atoms with Gasteiger partial charge in [-0.2, -0.15) is 13.2 Å². The lowest BCUT2D eigenvalue weighted by molar-refractivity contribution is -0.141. The molecule has 1 amide bonds. The third kappa shape index (κ3) is 5.90. The van der Waals surface area contributed by atoms with Crippen molar-refractivity contribution in [3.05, 3.63) is 47.2 Å². The molecule has 0 N–H and O–H groups in total. The molecular weight excluding hydrogens is 425 g/mol. The van der Waals surface area contributed by atoms with Crippen LogP contribution in [-0.4, -0.2) is 47.0 Å². The zero-order chi connectivity index (χ0) is 22.6. The highest BCUT2D eigenvalue weighted by atomic mass is 32.2. The molecule has 2 aromatic rings. The summed E-state index contributed by atoms with van der Waals surface area (Å²) in [5, 5.41) is 0.105. The van der Waals surface area contributed by atoms with Crippen molar-refractivity contribution in [3.8, 4) is 0 Å². The lowest BCUT2D eigenvalue weighted by atomic mass is 10.0. The van der Waals surface area contributed by atoms with Crippen molar-refractivity contribution in [2.24, 2.45) is 0 Å². The van der Waals surface area contributed by atoms with Gasteiger partial charge in [0.2, 0.25) is 0 Å². The van der Waals surface area contributed by atoms with Crippen LogP contribution in [-0.2, 0) is 11.9 Å². The first-order valence-electron chi connectivity index (χ1n) is 10.4. The fraction of sp³-hybridized carbons (Fsp3) is 0.500. The molecule has 1 aromatic carbocycles. The van der Waals surface area contributed by atoms with Gasteiger partial charge in [0.05, 0.1) is 0 Å². The number of anilines is 1. The van der Waals surface area contributed by atoms with Crippen molar-refractivity contribution in [2.75, 3.05) is 25.0 Å². The SMILES string of the molecule is CCN(C)C(=O)c1ccc(CSc2nc(N3CCCCC3C)cc(C(F)(F)F)n2)cc1. The first-order chi connectivity index (χ1) is 14.7. The summed E-state index contributed by atoms with van der Waals surface area (Å²) in [6, 6.07) is 8.29. The van der Waals surface area contributed by atoms with E-state index in [0.29, 0.717) is 30.2 Å². The zero-order valence-electron chi connectivity index (χ0n) is 17.9. The molecule has 31 heavy (non-hydrogen) atoms. The molecule has 1 atom stereocenters. The van der Waals surface area contributed by atoms with E-state index < -0.39 is 11.9 Å². The highest BCUT2D eigenvalue weighted by Crippen LogP contribution is 2.33. The van der Waals surface area contributed by atoms with Gasteiger partial charge in [0.25, 0.3) is 5.91 Å². The first-order valence-corrected chi connectivity index (χ1v) is 11.4. The number of alkyl halides is 3.